The average Bonchev–Trinajstić information content (AvgIpc) is 3.11. The maximum atomic E-state index is 5.34. The van der Waals surface area contributed by atoms with Crippen molar-refractivity contribution in [3.8, 4) is 21.9 Å². The molecule has 0 aliphatic carbocycles. The fourth-order valence-corrected chi connectivity index (χ4v) is 3.60. The van der Waals surface area contributed by atoms with Gasteiger partial charge in [0.15, 0.2) is 11.5 Å². The van der Waals surface area contributed by atoms with Gasteiger partial charge in [0.05, 0.1) is 19.1 Å². The van der Waals surface area contributed by atoms with Crippen molar-refractivity contribution in [3.63, 3.8) is 0 Å². The lowest BCUT2D eigenvalue weighted by Gasteiger charge is -2.09. The third-order valence-electron chi connectivity index (χ3n) is 3.74. The minimum Gasteiger partial charge on any atom is -0.493 e. The molecule has 0 atom stereocenters. The first-order chi connectivity index (χ1) is 12.2. The van der Waals surface area contributed by atoms with Gasteiger partial charge in [-0.25, -0.2) is 4.98 Å². The minimum absolute atomic E-state index is 0.732. The van der Waals surface area contributed by atoms with Gasteiger partial charge in [-0.15, -0.1) is 11.3 Å². The number of hydrogen-bond acceptors (Lipinski definition) is 5. The number of benzene rings is 2. The second kappa shape index (κ2) is 8.47. The highest BCUT2D eigenvalue weighted by atomic mass is 79.9. The lowest BCUT2D eigenvalue weighted by molar-refractivity contribution is 0.354. The molecule has 0 amide bonds. The van der Waals surface area contributed by atoms with Crippen LogP contribution in [0.2, 0.25) is 0 Å². The van der Waals surface area contributed by atoms with E-state index >= 15 is 0 Å². The molecule has 0 aliphatic heterocycles. The number of thiazole rings is 1. The van der Waals surface area contributed by atoms with Gasteiger partial charge >= 0.3 is 0 Å². The van der Waals surface area contributed by atoms with E-state index in [2.05, 4.69) is 38.4 Å². The fourth-order valence-electron chi connectivity index (χ4n) is 2.44. The molecule has 0 spiro atoms. The van der Waals surface area contributed by atoms with Crippen LogP contribution in [0.1, 0.15) is 10.6 Å². The van der Waals surface area contributed by atoms with Crippen molar-refractivity contribution in [1.29, 1.82) is 0 Å². The van der Waals surface area contributed by atoms with E-state index in [9.17, 15) is 0 Å². The quantitative estimate of drug-likeness (QED) is 0.593. The Kier molecular flexibility index (Phi) is 6.07. The van der Waals surface area contributed by atoms with Crippen LogP contribution in [0.3, 0.4) is 0 Å². The maximum Gasteiger partial charge on any atom is 0.161 e. The minimum atomic E-state index is 0.732. The Morgan fingerprint density at radius 1 is 1.00 bits per heavy atom. The van der Waals surface area contributed by atoms with E-state index in [0.717, 1.165) is 39.6 Å². The summed E-state index contributed by atoms with van der Waals surface area (Å²) in [6.07, 6.45) is 1.93. The Balaban J connectivity index is 1.58. The van der Waals surface area contributed by atoms with Crippen LogP contribution >= 0.6 is 27.3 Å². The number of nitrogens with zero attached hydrogens (tertiary/aromatic N) is 1. The molecule has 3 rings (SSSR count). The van der Waals surface area contributed by atoms with E-state index in [0.29, 0.717) is 0 Å². The van der Waals surface area contributed by atoms with Crippen molar-refractivity contribution in [3.05, 3.63) is 63.7 Å². The molecule has 2 aromatic carbocycles. The van der Waals surface area contributed by atoms with Gasteiger partial charge in [0.25, 0.3) is 0 Å². The summed E-state index contributed by atoms with van der Waals surface area (Å²) in [6, 6.07) is 14.2. The monoisotopic (exact) mass is 418 g/mol. The van der Waals surface area contributed by atoms with Crippen LogP contribution in [0.25, 0.3) is 10.4 Å². The van der Waals surface area contributed by atoms with Gasteiger partial charge in [-0.05, 0) is 35.4 Å². The van der Waals surface area contributed by atoms with Crippen LogP contribution in [0.15, 0.2) is 53.1 Å². The molecular weight excluding hydrogens is 400 g/mol. The molecule has 130 valence electrons. The molecule has 1 N–H and O–H groups in total. The van der Waals surface area contributed by atoms with Crippen molar-refractivity contribution < 1.29 is 9.47 Å². The topological polar surface area (TPSA) is 43.4 Å². The zero-order valence-corrected chi connectivity index (χ0v) is 16.5. The number of nitrogens with one attached hydrogen (secondary N) is 1. The molecule has 0 bridgehead atoms. The summed E-state index contributed by atoms with van der Waals surface area (Å²) in [7, 11) is 3.29. The standard InChI is InChI=1S/C19H19BrN2O2S/c1-23-16-8-3-13(9-17(16)24-2)10-21-12-19-22-11-18(25-19)14-4-6-15(20)7-5-14/h3-9,11,21H,10,12H2,1-2H3. The Morgan fingerprint density at radius 2 is 1.76 bits per heavy atom. The molecule has 1 heterocycles. The first-order valence-corrected chi connectivity index (χ1v) is 9.43. The predicted octanol–water partition coefficient (Wildman–Crippen LogP) is 4.88. The van der Waals surface area contributed by atoms with Crippen molar-refractivity contribution in [1.82, 2.24) is 10.3 Å². The fraction of sp³-hybridized carbons (Fsp3) is 0.211. The van der Waals surface area contributed by atoms with Crippen LogP contribution < -0.4 is 14.8 Å². The molecule has 6 heteroatoms. The van der Waals surface area contributed by atoms with E-state index in [4.69, 9.17) is 9.47 Å². The number of ether oxygens (including phenoxy) is 2. The van der Waals surface area contributed by atoms with Gasteiger partial charge in [0.1, 0.15) is 5.01 Å². The summed E-state index contributed by atoms with van der Waals surface area (Å²) < 4.78 is 11.7. The molecule has 25 heavy (non-hydrogen) atoms. The molecule has 0 saturated heterocycles. The van der Waals surface area contributed by atoms with E-state index in [1.807, 2.05) is 36.5 Å². The zero-order valence-electron chi connectivity index (χ0n) is 14.1. The van der Waals surface area contributed by atoms with Crippen molar-refractivity contribution in [2.75, 3.05) is 14.2 Å². The largest absolute Gasteiger partial charge is 0.493 e. The summed E-state index contributed by atoms with van der Waals surface area (Å²) in [5.74, 6) is 1.49. The highest BCUT2D eigenvalue weighted by molar-refractivity contribution is 9.10. The zero-order chi connectivity index (χ0) is 17.6. The van der Waals surface area contributed by atoms with Crippen LogP contribution in [0.5, 0.6) is 11.5 Å². The van der Waals surface area contributed by atoms with Gasteiger partial charge in [-0.3, -0.25) is 0 Å². The summed E-state index contributed by atoms with van der Waals surface area (Å²) >= 11 is 5.17. The lowest BCUT2D eigenvalue weighted by Crippen LogP contribution is -2.12. The van der Waals surface area contributed by atoms with E-state index in [1.54, 1.807) is 25.6 Å². The second-order valence-electron chi connectivity index (χ2n) is 5.42. The number of hydrogen-bond donors (Lipinski definition) is 1. The summed E-state index contributed by atoms with van der Waals surface area (Å²) in [6.45, 7) is 1.48. The Morgan fingerprint density at radius 3 is 2.48 bits per heavy atom. The predicted molar refractivity (Wildman–Crippen MR) is 105 cm³/mol. The third-order valence-corrected chi connectivity index (χ3v) is 5.31. The molecule has 4 nitrogen and oxygen atoms in total. The molecular formula is C19H19BrN2O2S. The van der Waals surface area contributed by atoms with Crippen LogP contribution in [-0.4, -0.2) is 19.2 Å². The summed E-state index contributed by atoms with van der Waals surface area (Å²) in [4.78, 5) is 5.68. The molecule has 3 aromatic rings. The van der Waals surface area contributed by atoms with E-state index < -0.39 is 0 Å². The summed E-state index contributed by atoms with van der Waals surface area (Å²) in [5, 5.41) is 4.49. The lowest BCUT2D eigenvalue weighted by atomic mass is 10.2. The molecule has 0 aliphatic rings. The van der Waals surface area contributed by atoms with E-state index in [-0.39, 0.29) is 0 Å². The average molecular weight is 419 g/mol. The first-order valence-electron chi connectivity index (χ1n) is 7.82. The van der Waals surface area contributed by atoms with Gasteiger partial charge in [-0.2, -0.15) is 0 Å². The Bertz CT molecular complexity index is 834. The van der Waals surface area contributed by atoms with Crippen molar-refractivity contribution in [2.45, 2.75) is 13.1 Å². The van der Waals surface area contributed by atoms with Crippen molar-refractivity contribution >= 4 is 27.3 Å². The maximum absolute atomic E-state index is 5.34. The SMILES string of the molecule is COc1ccc(CNCc2ncc(-c3ccc(Br)cc3)s2)cc1OC. The molecule has 0 unspecified atom stereocenters. The molecule has 0 saturated carbocycles. The van der Waals surface area contributed by atoms with Gasteiger partial charge in [0, 0.05) is 23.8 Å². The van der Waals surface area contributed by atoms with Crippen molar-refractivity contribution in [2.24, 2.45) is 0 Å². The highest BCUT2D eigenvalue weighted by Crippen LogP contribution is 2.28. The normalized spacial score (nSPS) is 10.7. The highest BCUT2D eigenvalue weighted by Gasteiger charge is 2.06. The smallest absolute Gasteiger partial charge is 0.161 e. The molecule has 0 radical (unpaired) electrons. The number of halogens is 1. The first kappa shape index (κ1) is 17.9. The second-order valence-corrected chi connectivity index (χ2v) is 7.45. The Hall–Kier alpha value is -1.89. The number of rotatable bonds is 7. The van der Waals surface area contributed by atoms with Gasteiger partial charge < -0.3 is 14.8 Å². The van der Waals surface area contributed by atoms with Crippen LogP contribution in [0, 0.1) is 0 Å². The number of aromatic nitrogens is 1. The van der Waals surface area contributed by atoms with Gasteiger partial charge in [0.2, 0.25) is 0 Å². The third kappa shape index (κ3) is 4.60. The van der Waals surface area contributed by atoms with Crippen LogP contribution in [-0.2, 0) is 13.1 Å². The Labute approximate surface area is 160 Å². The number of methoxy groups -OCH3 is 2. The molecule has 0 fully saturated rings. The summed E-state index contributed by atoms with van der Waals surface area (Å²) in [5.41, 5.74) is 2.33. The van der Waals surface area contributed by atoms with Gasteiger partial charge in [-0.1, -0.05) is 34.1 Å². The molecule has 1 aromatic heterocycles. The van der Waals surface area contributed by atoms with E-state index in [1.165, 1.54) is 10.4 Å². The van der Waals surface area contributed by atoms with Crippen LogP contribution in [0.4, 0.5) is 0 Å².